The number of halogens is 3. The number of benzene rings is 2. The number of nitrogens with zero attached hydrogens (tertiary/aromatic N) is 1. The van der Waals surface area contributed by atoms with Crippen LogP contribution in [-0.2, 0) is 5.92 Å². The summed E-state index contributed by atoms with van der Waals surface area (Å²) in [5, 5.41) is 5.06. The number of rotatable bonds is 3. The number of nitrogens with one attached hydrogen (secondary N) is 2. The number of aromatic amines is 1. The molecule has 0 aliphatic rings. The molecule has 0 atom stereocenters. The van der Waals surface area contributed by atoms with E-state index in [1.54, 1.807) is 18.5 Å². The van der Waals surface area contributed by atoms with Crippen LogP contribution in [0.4, 0.5) is 14.5 Å². The van der Waals surface area contributed by atoms with Crippen LogP contribution in [-0.4, -0.2) is 15.9 Å². The summed E-state index contributed by atoms with van der Waals surface area (Å²) in [5.41, 5.74) is 2.16. The molecule has 27 heavy (non-hydrogen) atoms. The van der Waals surface area contributed by atoms with Crippen LogP contribution >= 0.6 is 11.6 Å². The lowest BCUT2D eigenvalue weighted by atomic mass is 10.1. The number of anilines is 1. The van der Waals surface area contributed by atoms with Gasteiger partial charge in [-0.25, -0.2) is 8.78 Å². The van der Waals surface area contributed by atoms with Crippen LogP contribution in [0.15, 0.2) is 54.9 Å². The summed E-state index contributed by atoms with van der Waals surface area (Å²) < 4.78 is 26.7. The van der Waals surface area contributed by atoms with Crippen molar-refractivity contribution in [2.24, 2.45) is 0 Å². The molecule has 0 spiro atoms. The maximum absolute atomic E-state index is 13.3. The maximum Gasteiger partial charge on any atom is 0.270 e. The highest BCUT2D eigenvalue weighted by molar-refractivity contribution is 6.33. The maximum atomic E-state index is 13.3. The fraction of sp³-hybridized carbons (Fsp3) is 0.100. The molecule has 2 heterocycles. The number of carbonyl (C=O) groups excluding carboxylic acids is 1. The van der Waals surface area contributed by atoms with Crippen LogP contribution in [0, 0.1) is 0 Å². The van der Waals surface area contributed by atoms with E-state index in [9.17, 15) is 13.6 Å². The highest BCUT2D eigenvalue weighted by Gasteiger charge is 2.24. The Morgan fingerprint density at radius 1 is 1.15 bits per heavy atom. The van der Waals surface area contributed by atoms with Crippen molar-refractivity contribution in [3.63, 3.8) is 0 Å². The second kappa shape index (κ2) is 6.32. The van der Waals surface area contributed by atoms with Gasteiger partial charge in [0, 0.05) is 40.0 Å². The van der Waals surface area contributed by atoms with Crippen molar-refractivity contribution in [2.45, 2.75) is 12.8 Å². The molecule has 136 valence electrons. The van der Waals surface area contributed by atoms with Crippen LogP contribution in [0.3, 0.4) is 0 Å². The average Bonchev–Trinajstić information content (AvgIpc) is 3.00. The normalized spacial score (nSPS) is 11.9. The van der Waals surface area contributed by atoms with Crippen molar-refractivity contribution in [3.8, 4) is 0 Å². The zero-order chi connectivity index (χ0) is 19.2. The van der Waals surface area contributed by atoms with Gasteiger partial charge in [0.15, 0.2) is 0 Å². The molecule has 2 N–H and O–H groups in total. The highest BCUT2D eigenvalue weighted by atomic mass is 35.5. The van der Waals surface area contributed by atoms with E-state index in [4.69, 9.17) is 11.6 Å². The Morgan fingerprint density at radius 2 is 1.89 bits per heavy atom. The lowest BCUT2D eigenvalue weighted by Crippen LogP contribution is -2.13. The molecule has 0 saturated heterocycles. The number of H-pyrrole nitrogens is 1. The lowest BCUT2D eigenvalue weighted by molar-refractivity contribution is 0.0174. The molecule has 2 aromatic carbocycles. The molecular weight excluding hydrogens is 372 g/mol. The number of hydrogen-bond donors (Lipinski definition) is 2. The van der Waals surface area contributed by atoms with Gasteiger partial charge in [-0.1, -0.05) is 23.7 Å². The predicted octanol–water partition coefficient (Wildman–Crippen LogP) is 5.73. The Labute approximate surface area is 158 Å². The molecule has 0 saturated carbocycles. The van der Waals surface area contributed by atoms with Gasteiger partial charge in [-0.05, 0) is 30.3 Å². The van der Waals surface area contributed by atoms with Crippen LogP contribution in [0.25, 0.3) is 21.8 Å². The SMILES string of the molecule is CC(F)(F)c1ccc(C(=O)Nc2cc(Cl)cc3c2[nH]c2cnccc23)cc1. The number of aromatic nitrogens is 2. The third kappa shape index (κ3) is 3.24. The summed E-state index contributed by atoms with van der Waals surface area (Å²) in [6.07, 6.45) is 3.37. The second-order valence-electron chi connectivity index (χ2n) is 6.34. The first-order valence-corrected chi connectivity index (χ1v) is 8.55. The van der Waals surface area contributed by atoms with E-state index >= 15 is 0 Å². The molecule has 7 heteroatoms. The van der Waals surface area contributed by atoms with Crippen molar-refractivity contribution in [1.29, 1.82) is 0 Å². The van der Waals surface area contributed by atoms with E-state index in [1.165, 1.54) is 24.3 Å². The second-order valence-corrected chi connectivity index (χ2v) is 6.78. The molecule has 0 fully saturated rings. The summed E-state index contributed by atoms with van der Waals surface area (Å²) in [4.78, 5) is 19.9. The monoisotopic (exact) mass is 385 g/mol. The minimum atomic E-state index is -2.95. The van der Waals surface area contributed by atoms with E-state index < -0.39 is 11.8 Å². The minimum Gasteiger partial charge on any atom is -0.352 e. The zero-order valence-electron chi connectivity index (χ0n) is 14.2. The zero-order valence-corrected chi connectivity index (χ0v) is 14.9. The fourth-order valence-electron chi connectivity index (χ4n) is 3.02. The molecule has 2 aromatic heterocycles. The average molecular weight is 386 g/mol. The number of hydrogen-bond acceptors (Lipinski definition) is 2. The van der Waals surface area contributed by atoms with E-state index in [-0.39, 0.29) is 11.1 Å². The summed E-state index contributed by atoms with van der Waals surface area (Å²) in [5.74, 6) is -3.37. The van der Waals surface area contributed by atoms with Crippen molar-refractivity contribution in [1.82, 2.24) is 9.97 Å². The molecule has 1 amide bonds. The summed E-state index contributed by atoms with van der Waals surface area (Å²) in [7, 11) is 0. The van der Waals surface area contributed by atoms with Gasteiger partial charge in [0.25, 0.3) is 11.8 Å². The van der Waals surface area contributed by atoms with Crippen LogP contribution < -0.4 is 5.32 Å². The summed E-state index contributed by atoms with van der Waals surface area (Å²) in [6, 6.07) is 10.6. The smallest absolute Gasteiger partial charge is 0.270 e. The Kier molecular flexibility index (Phi) is 4.08. The Morgan fingerprint density at radius 3 is 2.59 bits per heavy atom. The Hall–Kier alpha value is -2.99. The van der Waals surface area contributed by atoms with Crippen molar-refractivity contribution < 1.29 is 13.6 Å². The minimum absolute atomic E-state index is 0.146. The largest absolute Gasteiger partial charge is 0.352 e. The topological polar surface area (TPSA) is 57.8 Å². The first-order chi connectivity index (χ1) is 12.8. The van der Waals surface area contributed by atoms with E-state index in [0.29, 0.717) is 16.2 Å². The van der Waals surface area contributed by atoms with Gasteiger partial charge in [-0.2, -0.15) is 0 Å². The van der Waals surface area contributed by atoms with Gasteiger partial charge >= 0.3 is 0 Å². The van der Waals surface area contributed by atoms with E-state index in [1.807, 2.05) is 12.1 Å². The molecule has 0 aliphatic heterocycles. The summed E-state index contributed by atoms with van der Waals surface area (Å²) >= 11 is 6.22. The van der Waals surface area contributed by atoms with Crippen LogP contribution in [0.5, 0.6) is 0 Å². The van der Waals surface area contributed by atoms with Gasteiger partial charge in [-0.3, -0.25) is 9.78 Å². The number of amides is 1. The third-order valence-corrected chi connectivity index (χ3v) is 4.59. The molecule has 0 bridgehead atoms. The number of carbonyl (C=O) groups is 1. The standard InChI is InChI=1S/C20H14ClF2N3O/c1-20(22,23)12-4-2-11(3-5-12)19(27)26-16-9-13(21)8-15-14-6-7-24-10-17(14)25-18(15)16/h2-10,25H,1H3,(H,26,27). The first-order valence-electron chi connectivity index (χ1n) is 8.17. The van der Waals surface area contributed by atoms with Gasteiger partial charge in [-0.15, -0.1) is 0 Å². The van der Waals surface area contributed by atoms with Crippen molar-refractivity contribution >= 4 is 45.0 Å². The van der Waals surface area contributed by atoms with Crippen LogP contribution in [0.2, 0.25) is 5.02 Å². The predicted molar refractivity (Wildman–Crippen MR) is 103 cm³/mol. The number of alkyl halides is 2. The van der Waals surface area contributed by atoms with Gasteiger partial charge in [0.05, 0.1) is 22.9 Å². The number of fused-ring (bicyclic) bond motifs is 3. The van der Waals surface area contributed by atoms with Crippen molar-refractivity contribution in [2.75, 3.05) is 5.32 Å². The van der Waals surface area contributed by atoms with E-state index in [2.05, 4.69) is 15.3 Å². The molecule has 0 radical (unpaired) electrons. The van der Waals surface area contributed by atoms with Crippen molar-refractivity contribution in [3.05, 3.63) is 71.0 Å². The quantitative estimate of drug-likeness (QED) is 0.473. The van der Waals surface area contributed by atoms with Gasteiger partial charge in [0.1, 0.15) is 0 Å². The van der Waals surface area contributed by atoms with Crippen LogP contribution in [0.1, 0.15) is 22.8 Å². The third-order valence-electron chi connectivity index (χ3n) is 4.38. The molecule has 4 aromatic rings. The molecule has 0 unspecified atom stereocenters. The number of pyridine rings is 1. The van der Waals surface area contributed by atoms with E-state index in [0.717, 1.165) is 23.2 Å². The summed E-state index contributed by atoms with van der Waals surface area (Å²) in [6.45, 7) is 0.815. The van der Waals surface area contributed by atoms with Gasteiger partial charge in [0.2, 0.25) is 0 Å². The molecule has 0 aliphatic carbocycles. The molecule has 4 rings (SSSR count). The first kappa shape index (κ1) is 17.4. The van der Waals surface area contributed by atoms with Gasteiger partial charge < -0.3 is 10.3 Å². The lowest BCUT2D eigenvalue weighted by Gasteiger charge is -2.11. The Balaban J connectivity index is 1.71. The fourth-order valence-corrected chi connectivity index (χ4v) is 3.24. The molecule has 4 nitrogen and oxygen atoms in total. The Bertz CT molecular complexity index is 1160. The highest BCUT2D eigenvalue weighted by Crippen LogP contribution is 2.33. The molecular formula is C20H14ClF2N3O.